The van der Waals surface area contributed by atoms with E-state index >= 15 is 0 Å². The maximum atomic E-state index is 11.5. The highest BCUT2D eigenvalue weighted by molar-refractivity contribution is 5.90. The second-order valence-electron chi connectivity index (χ2n) is 5.46. The molecule has 0 unspecified atom stereocenters. The molecule has 0 saturated heterocycles. The minimum absolute atomic E-state index is 0.138. The van der Waals surface area contributed by atoms with Crippen LogP contribution in [0.1, 0.15) is 57.9 Å². The van der Waals surface area contributed by atoms with Crippen LogP contribution in [0.3, 0.4) is 0 Å². The van der Waals surface area contributed by atoms with Gasteiger partial charge in [0.25, 0.3) is 0 Å². The Kier molecular flexibility index (Phi) is 7.97. The van der Waals surface area contributed by atoms with Crippen LogP contribution < -0.4 is 5.32 Å². The fourth-order valence-corrected chi connectivity index (χ4v) is 2.17. The number of carbonyl (C=O) groups excluding carboxylic acids is 1. The molecule has 0 fully saturated rings. The maximum absolute atomic E-state index is 11.5. The van der Waals surface area contributed by atoms with Crippen molar-refractivity contribution in [1.82, 2.24) is 0 Å². The van der Waals surface area contributed by atoms with Gasteiger partial charge in [-0.1, -0.05) is 44.7 Å². The van der Waals surface area contributed by atoms with Crippen LogP contribution >= 0.6 is 0 Å². The van der Waals surface area contributed by atoms with Gasteiger partial charge in [-0.2, -0.15) is 0 Å². The summed E-state index contributed by atoms with van der Waals surface area (Å²) in [6.07, 6.45) is 7.09. The Labute approximate surface area is 122 Å². The summed E-state index contributed by atoms with van der Waals surface area (Å²) in [5.74, 6) is -0.146. The number of hydrogen-bond acceptors (Lipinski definition) is 2. The molecule has 0 aromatic heterocycles. The van der Waals surface area contributed by atoms with E-state index in [9.17, 15) is 4.79 Å². The molecule has 0 heterocycles. The lowest BCUT2D eigenvalue weighted by Crippen LogP contribution is -2.17. The van der Waals surface area contributed by atoms with Gasteiger partial charge in [-0.15, -0.1) is 0 Å². The number of aryl methyl sites for hydroxylation is 1. The van der Waals surface area contributed by atoms with Crippen molar-refractivity contribution in [3.05, 3.63) is 29.8 Å². The summed E-state index contributed by atoms with van der Waals surface area (Å²) in [5.41, 5.74) is 2.11. The van der Waals surface area contributed by atoms with E-state index in [4.69, 9.17) is 5.11 Å². The summed E-state index contributed by atoms with van der Waals surface area (Å²) in [5, 5.41) is 11.9. The first-order chi connectivity index (χ1) is 9.61. The van der Waals surface area contributed by atoms with Crippen LogP contribution in [0, 0.1) is 0 Å². The molecule has 0 bridgehead atoms. The molecule has 1 amide bonds. The van der Waals surface area contributed by atoms with E-state index in [2.05, 4.69) is 24.4 Å². The van der Waals surface area contributed by atoms with Gasteiger partial charge in [0, 0.05) is 5.69 Å². The number of hydrogen-bond donors (Lipinski definition) is 2. The van der Waals surface area contributed by atoms with Gasteiger partial charge in [-0.3, -0.25) is 4.79 Å². The highest BCUT2D eigenvalue weighted by Crippen LogP contribution is 2.13. The normalized spacial score (nSPS) is 12.2. The highest BCUT2D eigenvalue weighted by Gasteiger charge is 2.06. The van der Waals surface area contributed by atoms with Crippen molar-refractivity contribution in [3.63, 3.8) is 0 Å². The smallest absolute Gasteiger partial charge is 0.226 e. The Morgan fingerprint density at radius 3 is 2.40 bits per heavy atom. The van der Waals surface area contributed by atoms with Gasteiger partial charge >= 0.3 is 0 Å². The lowest BCUT2D eigenvalue weighted by molar-refractivity contribution is -0.117. The fourth-order valence-electron chi connectivity index (χ4n) is 2.17. The predicted octanol–water partition coefficient (Wildman–Crippen LogP) is 3.91. The average molecular weight is 277 g/mol. The van der Waals surface area contributed by atoms with Gasteiger partial charge in [0.05, 0.1) is 12.5 Å². The van der Waals surface area contributed by atoms with Crippen LogP contribution in [-0.2, 0) is 11.2 Å². The first-order valence-corrected chi connectivity index (χ1v) is 7.68. The molecule has 1 atom stereocenters. The second-order valence-corrected chi connectivity index (χ2v) is 5.46. The lowest BCUT2D eigenvalue weighted by atomic mass is 10.1. The maximum Gasteiger partial charge on any atom is 0.226 e. The quantitative estimate of drug-likeness (QED) is 0.672. The molecule has 1 aromatic rings. The van der Waals surface area contributed by atoms with Gasteiger partial charge in [0.2, 0.25) is 5.91 Å². The number of amides is 1. The number of aliphatic hydroxyl groups excluding tert-OH is 1. The van der Waals surface area contributed by atoms with Crippen LogP contribution in [0.2, 0.25) is 0 Å². The molecular weight excluding hydrogens is 250 g/mol. The largest absolute Gasteiger partial charge is 0.393 e. The third kappa shape index (κ3) is 7.29. The van der Waals surface area contributed by atoms with Crippen LogP contribution in [-0.4, -0.2) is 17.1 Å². The zero-order valence-corrected chi connectivity index (χ0v) is 12.7. The number of nitrogens with one attached hydrogen (secondary N) is 1. The third-order valence-electron chi connectivity index (χ3n) is 3.29. The molecule has 1 rings (SSSR count). The van der Waals surface area contributed by atoms with E-state index < -0.39 is 6.10 Å². The third-order valence-corrected chi connectivity index (χ3v) is 3.29. The van der Waals surface area contributed by atoms with Gasteiger partial charge < -0.3 is 10.4 Å². The fraction of sp³-hybridized carbons (Fsp3) is 0.588. The first-order valence-electron chi connectivity index (χ1n) is 7.68. The lowest BCUT2D eigenvalue weighted by Gasteiger charge is -2.08. The Morgan fingerprint density at radius 2 is 1.80 bits per heavy atom. The Balaban J connectivity index is 2.31. The first kappa shape index (κ1) is 16.7. The topological polar surface area (TPSA) is 49.3 Å². The molecule has 0 saturated carbocycles. The molecule has 3 heteroatoms. The minimum Gasteiger partial charge on any atom is -0.393 e. The molecule has 0 aliphatic carbocycles. The van der Waals surface area contributed by atoms with Crippen molar-refractivity contribution in [3.8, 4) is 0 Å². The van der Waals surface area contributed by atoms with Crippen molar-refractivity contribution < 1.29 is 9.90 Å². The molecule has 0 aliphatic heterocycles. The van der Waals surface area contributed by atoms with Crippen molar-refractivity contribution in [1.29, 1.82) is 0 Å². The van der Waals surface area contributed by atoms with E-state index in [1.165, 1.54) is 37.7 Å². The SMILES string of the molecule is CCCCCCCc1ccc(NC(=O)C[C@@H](C)O)cc1. The number of anilines is 1. The second kappa shape index (κ2) is 9.54. The summed E-state index contributed by atoms with van der Waals surface area (Å²) >= 11 is 0. The van der Waals surface area contributed by atoms with Crippen LogP contribution in [0.5, 0.6) is 0 Å². The molecule has 0 spiro atoms. The van der Waals surface area contributed by atoms with Gasteiger partial charge in [-0.25, -0.2) is 0 Å². The zero-order chi connectivity index (χ0) is 14.8. The summed E-state index contributed by atoms with van der Waals surface area (Å²) < 4.78 is 0. The molecule has 1 aromatic carbocycles. The minimum atomic E-state index is -0.600. The van der Waals surface area contributed by atoms with Gasteiger partial charge in [0.1, 0.15) is 0 Å². The summed E-state index contributed by atoms with van der Waals surface area (Å²) in [6, 6.07) is 8.00. The molecule has 20 heavy (non-hydrogen) atoms. The molecule has 0 radical (unpaired) electrons. The van der Waals surface area contributed by atoms with Crippen molar-refractivity contribution >= 4 is 11.6 Å². The van der Waals surface area contributed by atoms with Crippen LogP contribution in [0.15, 0.2) is 24.3 Å². The van der Waals surface area contributed by atoms with Crippen molar-refractivity contribution in [2.75, 3.05) is 5.32 Å². The summed E-state index contributed by atoms with van der Waals surface area (Å²) in [4.78, 5) is 11.5. The van der Waals surface area contributed by atoms with Crippen LogP contribution in [0.25, 0.3) is 0 Å². The van der Waals surface area contributed by atoms with E-state index in [-0.39, 0.29) is 12.3 Å². The van der Waals surface area contributed by atoms with E-state index in [0.29, 0.717) is 0 Å². The van der Waals surface area contributed by atoms with Crippen molar-refractivity contribution in [2.45, 2.75) is 64.9 Å². The summed E-state index contributed by atoms with van der Waals surface area (Å²) in [6.45, 7) is 3.84. The highest BCUT2D eigenvalue weighted by atomic mass is 16.3. The van der Waals surface area contributed by atoms with Crippen molar-refractivity contribution in [2.24, 2.45) is 0 Å². The Bertz CT molecular complexity index is 384. The molecule has 0 aliphatic rings. The number of unbranched alkanes of at least 4 members (excludes halogenated alkanes) is 4. The predicted molar refractivity (Wildman–Crippen MR) is 83.8 cm³/mol. The van der Waals surface area contributed by atoms with E-state index in [0.717, 1.165) is 12.1 Å². The zero-order valence-electron chi connectivity index (χ0n) is 12.7. The van der Waals surface area contributed by atoms with Gasteiger partial charge in [-0.05, 0) is 37.5 Å². The molecule has 3 nitrogen and oxygen atoms in total. The molecule has 2 N–H and O–H groups in total. The monoisotopic (exact) mass is 277 g/mol. The number of rotatable bonds is 9. The van der Waals surface area contributed by atoms with E-state index in [1.807, 2.05) is 12.1 Å². The Hall–Kier alpha value is -1.35. The molecule has 112 valence electrons. The Morgan fingerprint density at radius 1 is 1.15 bits per heavy atom. The summed E-state index contributed by atoms with van der Waals surface area (Å²) in [7, 11) is 0. The van der Waals surface area contributed by atoms with Gasteiger partial charge in [0.15, 0.2) is 0 Å². The van der Waals surface area contributed by atoms with Crippen LogP contribution in [0.4, 0.5) is 5.69 Å². The number of benzene rings is 1. The molecular formula is C17H27NO2. The van der Waals surface area contributed by atoms with E-state index in [1.54, 1.807) is 6.92 Å². The number of aliphatic hydroxyl groups is 1. The average Bonchev–Trinajstić information content (AvgIpc) is 2.39. The number of carbonyl (C=O) groups is 1. The standard InChI is InChI=1S/C17H27NO2/c1-3-4-5-6-7-8-15-9-11-16(12-10-15)18-17(20)13-14(2)19/h9-12,14,19H,3-8,13H2,1-2H3,(H,18,20)/t14-/m1/s1.